The number of alkyl halides is 1. The quantitative estimate of drug-likeness (QED) is 0.635. The van der Waals surface area contributed by atoms with Gasteiger partial charge in [-0.15, -0.1) is 11.6 Å². The number of amides is 2. The second-order valence-corrected chi connectivity index (χ2v) is 4.03. The van der Waals surface area contributed by atoms with E-state index in [-0.39, 0.29) is 12.5 Å². The number of ether oxygens (including phenoxy) is 1. The van der Waals surface area contributed by atoms with E-state index >= 15 is 0 Å². The zero-order valence-electron chi connectivity index (χ0n) is 10.2. The summed E-state index contributed by atoms with van der Waals surface area (Å²) in [4.78, 5) is 22.1. The van der Waals surface area contributed by atoms with Crippen molar-refractivity contribution in [3.05, 3.63) is 29.3 Å². The van der Waals surface area contributed by atoms with Crippen LogP contribution in [-0.4, -0.2) is 24.3 Å². The summed E-state index contributed by atoms with van der Waals surface area (Å²) in [5.74, 6) is -0.530. The summed E-state index contributed by atoms with van der Waals surface area (Å²) in [5.41, 5.74) is 6.56. The molecule has 0 saturated carbocycles. The van der Waals surface area contributed by atoms with Gasteiger partial charge in [-0.25, -0.2) is 0 Å². The third kappa shape index (κ3) is 4.63. The summed E-state index contributed by atoms with van der Waals surface area (Å²) in [6.45, 7) is 3.78. The Labute approximate surface area is 110 Å². The van der Waals surface area contributed by atoms with Crippen molar-refractivity contribution in [2.24, 2.45) is 0 Å². The van der Waals surface area contributed by atoms with Gasteiger partial charge in [0.25, 0.3) is 11.8 Å². The fraction of sp³-hybridized carbons (Fsp3) is 0.333. The van der Waals surface area contributed by atoms with Gasteiger partial charge in [0.05, 0.1) is 0 Å². The number of hydrogen-bond donors (Lipinski definition) is 2. The largest absolute Gasteiger partial charge is 0.484 e. The summed E-state index contributed by atoms with van der Waals surface area (Å²) in [6.07, 6.45) is 0. The summed E-state index contributed by atoms with van der Waals surface area (Å²) < 4.78 is 5.27. The highest BCUT2D eigenvalue weighted by Crippen LogP contribution is 2.15. The lowest BCUT2D eigenvalue weighted by Gasteiger charge is -2.09. The first kappa shape index (κ1) is 14.3. The maximum absolute atomic E-state index is 11.3. The maximum atomic E-state index is 11.3. The van der Waals surface area contributed by atoms with Crippen molar-refractivity contribution < 1.29 is 14.3 Å². The van der Waals surface area contributed by atoms with E-state index in [9.17, 15) is 9.59 Å². The van der Waals surface area contributed by atoms with Crippen LogP contribution in [-0.2, 0) is 9.59 Å². The van der Waals surface area contributed by atoms with Gasteiger partial charge in [-0.05, 0) is 37.1 Å². The molecule has 0 aromatic heterocycles. The minimum atomic E-state index is -0.476. The van der Waals surface area contributed by atoms with Crippen molar-refractivity contribution in [1.29, 1.82) is 0 Å². The lowest BCUT2D eigenvalue weighted by atomic mass is 10.1. The Bertz CT molecular complexity index is 449. The van der Waals surface area contributed by atoms with Crippen molar-refractivity contribution in [2.75, 3.05) is 12.5 Å². The molecular formula is C12H15ClN2O3. The number of hydrazine groups is 1. The molecule has 0 aliphatic rings. The standard InChI is InChI=1S/C12H15ClN2O3/c1-8-3-4-10(5-9(8)2)18-7-12(17)15-14-11(16)6-13/h3-5H,6-7H2,1-2H3,(H,14,16)(H,15,17). The van der Waals surface area contributed by atoms with Gasteiger partial charge in [-0.1, -0.05) is 6.07 Å². The summed E-state index contributed by atoms with van der Waals surface area (Å²) >= 11 is 5.25. The molecule has 0 heterocycles. The minimum Gasteiger partial charge on any atom is -0.484 e. The average Bonchev–Trinajstić information content (AvgIpc) is 2.37. The molecular weight excluding hydrogens is 256 g/mol. The highest BCUT2D eigenvalue weighted by atomic mass is 35.5. The van der Waals surface area contributed by atoms with Crippen LogP contribution in [0.5, 0.6) is 5.75 Å². The monoisotopic (exact) mass is 270 g/mol. The summed E-state index contributed by atoms with van der Waals surface area (Å²) in [7, 11) is 0. The van der Waals surface area contributed by atoms with Crippen molar-refractivity contribution in [1.82, 2.24) is 10.9 Å². The van der Waals surface area contributed by atoms with E-state index in [1.165, 1.54) is 0 Å². The van der Waals surface area contributed by atoms with E-state index in [0.29, 0.717) is 5.75 Å². The van der Waals surface area contributed by atoms with E-state index < -0.39 is 11.8 Å². The Balaban J connectivity index is 2.38. The van der Waals surface area contributed by atoms with Crippen LogP contribution in [0, 0.1) is 13.8 Å². The van der Waals surface area contributed by atoms with Gasteiger partial charge in [0, 0.05) is 0 Å². The fourth-order valence-electron chi connectivity index (χ4n) is 1.16. The first-order valence-corrected chi connectivity index (χ1v) is 5.90. The SMILES string of the molecule is Cc1ccc(OCC(=O)NNC(=O)CCl)cc1C. The molecule has 2 N–H and O–H groups in total. The molecule has 0 saturated heterocycles. The smallest absolute Gasteiger partial charge is 0.276 e. The molecule has 18 heavy (non-hydrogen) atoms. The van der Waals surface area contributed by atoms with E-state index in [1.807, 2.05) is 26.0 Å². The predicted molar refractivity (Wildman–Crippen MR) is 68.4 cm³/mol. The van der Waals surface area contributed by atoms with Crippen LogP contribution in [0.1, 0.15) is 11.1 Å². The van der Waals surface area contributed by atoms with Crippen LogP contribution in [0.2, 0.25) is 0 Å². The third-order valence-electron chi connectivity index (χ3n) is 2.31. The molecule has 0 aliphatic heterocycles. The fourth-order valence-corrected chi connectivity index (χ4v) is 1.23. The van der Waals surface area contributed by atoms with E-state index in [2.05, 4.69) is 10.9 Å². The molecule has 0 radical (unpaired) electrons. The van der Waals surface area contributed by atoms with Crippen molar-refractivity contribution in [3.8, 4) is 5.75 Å². The summed E-state index contributed by atoms with van der Waals surface area (Å²) in [6, 6.07) is 5.55. The summed E-state index contributed by atoms with van der Waals surface area (Å²) in [5, 5.41) is 0. The highest BCUT2D eigenvalue weighted by molar-refractivity contribution is 6.27. The number of nitrogens with one attached hydrogen (secondary N) is 2. The number of carbonyl (C=O) groups is 2. The molecule has 6 heteroatoms. The van der Waals surface area contributed by atoms with Crippen molar-refractivity contribution >= 4 is 23.4 Å². The molecule has 0 unspecified atom stereocenters. The van der Waals surface area contributed by atoms with E-state index in [4.69, 9.17) is 16.3 Å². The molecule has 2 amide bonds. The lowest BCUT2D eigenvalue weighted by molar-refractivity contribution is -0.128. The molecule has 5 nitrogen and oxygen atoms in total. The second kappa shape index (κ2) is 6.86. The molecule has 0 fully saturated rings. The number of rotatable bonds is 4. The minimum absolute atomic E-state index is 0.176. The zero-order valence-corrected chi connectivity index (χ0v) is 11.0. The van der Waals surface area contributed by atoms with Gasteiger partial charge < -0.3 is 4.74 Å². The molecule has 1 rings (SSSR count). The van der Waals surface area contributed by atoms with Crippen LogP contribution in [0.25, 0.3) is 0 Å². The van der Waals surface area contributed by atoms with Crippen molar-refractivity contribution in [2.45, 2.75) is 13.8 Å². The Morgan fingerprint density at radius 1 is 1.17 bits per heavy atom. The Morgan fingerprint density at radius 3 is 2.44 bits per heavy atom. The van der Waals surface area contributed by atoms with E-state index in [0.717, 1.165) is 11.1 Å². The van der Waals surface area contributed by atoms with Gasteiger partial charge in [0.2, 0.25) is 0 Å². The van der Waals surface area contributed by atoms with Crippen LogP contribution in [0.3, 0.4) is 0 Å². The van der Waals surface area contributed by atoms with Crippen LogP contribution in [0.15, 0.2) is 18.2 Å². The number of benzene rings is 1. The van der Waals surface area contributed by atoms with Gasteiger partial charge in [0.15, 0.2) is 6.61 Å². The Hall–Kier alpha value is -1.75. The number of hydrogen-bond acceptors (Lipinski definition) is 3. The van der Waals surface area contributed by atoms with E-state index in [1.54, 1.807) is 6.07 Å². The molecule has 0 bridgehead atoms. The Kier molecular flexibility index (Phi) is 5.45. The number of aryl methyl sites for hydroxylation is 2. The third-order valence-corrected chi connectivity index (χ3v) is 2.55. The first-order chi connectivity index (χ1) is 8.52. The first-order valence-electron chi connectivity index (χ1n) is 5.36. The Morgan fingerprint density at radius 2 is 1.83 bits per heavy atom. The van der Waals surface area contributed by atoms with Crippen LogP contribution in [0.4, 0.5) is 0 Å². The molecule has 1 aromatic rings. The predicted octanol–water partition coefficient (Wildman–Crippen LogP) is 1.07. The molecule has 98 valence electrons. The normalized spacial score (nSPS) is 9.72. The maximum Gasteiger partial charge on any atom is 0.276 e. The van der Waals surface area contributed by atoms with Crippen molar-refractivity contribution in [3.63, 3.8) is 0 Å². The molecule has 1 aromatic carbocycles. The van der Waals surface area contributed by atoms with Gasteiger partial charge >= 0.3 is 0 Å². The second-order valence-electron chi connectivity index (χ2n) is 3.76. The molecule has 0 atom stereocenters. The van der Waals surface area contributed by atoms with Gasteiger partial charge in [0.1, 0.15) is 11.6 Å². The number of halogens is 1. The zero-order chi connectivity index (χ0) is 13.5. The highest BCUT2D eigenvalue weighted by Gasteiger charge is 2.05. The molecule has 0 spiro atoms. The molecule has 0 aliphatic carbocycles. The lowest BCUT2D eigenvalue weighted by Crippen LogP contribution is -2.44. The number of carbonyl (C=O) groups excluding carboxylic acids is 2. The average molecular weight is 271 g/mol. The van der Waals surface area contributed by atoms with Gasteiger partial charge in [-0.3, -0.25) is 20.4 Å². The van der Waals surface area contributed by atoms with Crippen LogP contribution >= 0.6 is 11.6 Å². The van der Waals surface area contributed by atoms with Crippen LogP contribution < -0.4 is 15.6 Å². The van der Waals surface area contributed by atoms with Gasteiger partial charge in [-0.2, -0.15) is 0 Å². The topological polar surface area (TPSA) is 67.4 Å².